The summed E-state index contributed by atoms with van der Waals surface area (Å²) < 4.78 is 0. The van der Waals surface area contributed by atoms with Crippen LogP contribution in [0.15, 0.2) is 60.0 Å². The number of aryl methyl sites for hydroxylation is 3. The van der Waals surface area contributed by atoms with E-state index in [4.69, 9.17) is 0 Å². The summed E-state index contributed by atoms with van der Waals surface area (Å²) in [6.07, 6.45) is 0.730. The molecule has 0 saturated carbocycles. The van der Waals surface area contributed by atoms with Crippen LogP contribution in [0.3, 0.4) is 0 Å². The van der Waals surface area contributed by atoms with Crippen molar-refractivity contribution >= 4 is 34.7 Å². The number of benzene rings is 2. The fraction of sp³-hybridized carbons (Fsp3) is 0.345. The van der Waals surface area contributed by atoms with Gasteiger partial charge in [-0.3, -0.25) is 19.3 Å². The van der Waals surface area contributed by atoms with Gasteiger partial charge in [0, 0.05) is 11.2 Å². The maximum absolute atomic E-state index is 13.8. The van der Waals surface area contributed by atoms with E-state index in [9.17, 15) is 14.4 Å². The monoisotopic (exact) mass is 505 g/mol. The fourth-order valence-corrected chi connectivity index (χ4v) is 4.53. The second-order valence-electron chi connectivity index (χ2n) is 9.75. The molecule has 3 aromatic rings. The topological polar surface area (TPSA) is 78.5 Å². The molecule has 0 aliphatic heterocycles. The molecule has 1 heterocycles. The summed E-state index contributed by atoms with van der Waals surface area (Å²) >= 11 is 1.31. The molecule has 0 radical (unpaired) electrons. The van der Waals surface area contributed by atoms with Gasteiger partial charge in [0.2, 0.25) is 11.8 Å². The molecule has 0 aliphatic rings. The normalized spacial score (nSPS) is 12.1. The summed E-state index contributed by atoms with van der Waals surface area (Å²) in [5, 5.41) is 7.66. The van der Waals surface area contributed by atoms with E-state index in [1.807, 2.05) is 89.4 Å². The lowest BCUT2D eigenvalue weighted by molar-refractivity contribution is -0.127. The molecule has 0 bridgehead atoms. The molecule has 7 heteroatoms. The van der Waals surface area contributed by atoms with Crippen LogP contribution in [0, 0.1) is 20.8 Å². The van der Waals surface area contributed by atoms with Crippen LogP contribution in [-0.4, -0.2) is 29.8 Å². The lowest BCUT2D eigenvalue weighted by Crippen LogP contribution is -2.52. The number of hydrogen-bond donors (Lipinski definition) is 2. The Morgan fingerprint density at radius 2 is 1.64 bits per heavy atom. The largest absolute Gasteiger partial charge is 0.349 e. The Kier molecular flexibility index (Phi) is 8.69. The average Bonchev–Trinajstić information content (AvgIpc) is 3.37. The molecule has 2 aromatic carbocycles. The Morgan fingerprint density at radius 1 is 0.972 bits per heavy atom. The molecule has 0 fully saturated rings. The zero-order valence-electron chi connectivity index (χ0n) is 21.8. The number of thiophene rings is 1. The third-order valence-electron chi connectivity index (χ3n) is 6.27. The summed E-state index contributed by atoms with van der Waals surface area (Å²) in [5.41, 5.74) is 3.85. The number of nitrogens with zero attached hydrogens (tertiary/aromatic N) is 1. The summed E-state index contributed by atoms with van der Waals surface area (Å²) in [5.74, 6) is -0.965. The van der Waals surface area contributed by atoms with E-state index in [0.29, 0.717) is 16.1 Å². The van der Waals surface area contributed by atoms with Gasteiger partial charge in [-0.05, 0) is 69.7 Å². The Hall–Kier alpha value is -3.45. The molecule has 3 amide bonds. The smallest absolute Gasteiger partial charge is 0.261 e. The lowest BCUT2D eigenvalue weighted by atomic mass is 9.97. The van der Waals surface area contributed by atoms with Crippen LogP contribution in [0.25, 0.3) is 0 Å². The number of carbonyl (C=O) groups excluding carboxylic acids is 3. The number of amides is 3. The summed E-state index contributed by atoms with van der Waals surface area (Å²) in [6, 6.07) is 16.0. The molecule has 3 rings (SSSR count). The van der Waals surface area contributed by atoms with Gasteiger partial charge in [0.1, 0.15) is 6.04 Å². The van der Waals surface area contributed by atoms with Gasteiger partial charge in [-0.1, -0.05) is 60.5 Å². The van der Waals surface area contributed by atoms with Gasteiger partial charge in [0.15, 0.2) is 0 Å². The minimum Gasteiger partial charge on any atom is -0.349 e. The van der Waals surface area contributed by atoms with Crippen molar-refractivity contribution < 1.29 is 14.4 Å². The average molecular weight is 506 g/mol. The Morgan fingerprint density at radius 3 is 2.22 bits per heavy atom. The van der Waals surface area contributed by atoms with Crippen LogP contribution in [0.5, 0.6) is 0 Å². The van der Waals surface area contributed by atoms with Gasteiger partial charge in [0.05, 0.1) is 11.4 Å². The lowest BCUT2D eigenvalue weighted by Gasteiger charge is -2.35. The van der Waals surface area contributed by atoms with E-state index < -0.39 is 11.6 Å². The zero-order chi connectivity index (χ0) is 26.5. The van der Waals surface area contributed by atoms with Crippen LogP contribution in [0.1, 0.15) is 65.2 Å². The number of rotatable bonds is 9. The summed E-state index contributed by atoms with van der Waals surface area (Å²) in [4.78, 5) is 42.3. The van der Waals surface area contributed by atoms with Gasteiger partial charge >= 0.3 is 0 Å². The van der Waals surface area contributed by atoms with Gasteiger partial charge in [0.25, 0.3) is 5.91 Å². The van der Waals surface area contributed by atoms with Crippen molar-refractivity contribution in [2.45, 2.75) is 59.5 Å². The minimum atomic E-state index is -0.913. The molecular formula is C29H35N3O3S. The van der Waals surface area contributed by atoms with Gasteiger partial charge < -0.3 is 10.6 Å². The predicted octanol–water partition coefficient (Wildman–Crippen LogP) is 5.48. The highest BCUT2D eigenvalue weighted by molar-refractivity contribution is 7.12. The number of anilines is 1. The molecule has 0 unspecified atom stereocenters. The van der Waals surface area contributed by atoms with E-state index in [-0.39, 0.29) is 24.3 Å². The fourth-order valence-electron chi connectivity index (χ4n) is 3.89. The molecule has 1 atom stereocenters. The second kappa shape index (κ2) is 11.5. The van der Waals surface area contributed by atoms with Gasteiger partial charge in [-0.15, -0.1) is 11.3 Å². The van der Waals surface area contributed by atoms with E-state index in [0.717, 1.165) is 23.1 Å². The van der Waals surface area contributed by atoms with Crippen molar-refractivity contribution in [1.82, 2.24) is 10.6 Å². The third kappa shape index (κ3) is 6.61. The standard InChI is InChI=1S/C29H35N3O3S/c1-7-29(5,6)31-28(35)26(22-13-10-19(2)11-14-22)32(23-15-12-20(3)17-21(23)4)25(33)18-30-27(34)24-9-8-16-36-24/h8-17,26H,7,18H2,1-6H3,(H,30,34)(H,31,35)/t26-/m0/s1. The van der Waals surface area contributed by atoms with Gasteiger partial charge in [-0.2, -0.15) is 0 Å². The Balaban J connectivity index is 2.07. The first kappa shape index (κ1) is 27.1. The maximum Gasteiger partial charge on any atom is 0.261 e. The molecule has 1 aromatic heterocycles. The van der Waals surface area contributed by atoms with Gasteiger partial charge in [-0.25, -0.2) is 0 Å². The van der Waals surface area contributed by atoms with E-state index in [2.05, 4.69) is 10.6 Å². The maximum atomic E-state index is 13.8. The number of nitrogens with one attached hydrogen (secondary N) is 2. The minimum absolute atomic E-state index is 0.239. The third-order valence-corrected chi connectivity index (χ3v) is 7.14. The molecule has 6 nitrogen and oxygen atoms in total. The Labute approximate surface area is 217 Å². The zero-order valence-corrected chi connectivity index (χ0v) is 22.7. The molecule has 0 aliphatic carbocycles. The van der Waals surface area contributed by atoms with Crippen molar-refractivity contribution in [2.24, 2.45) is 0 Å². The molecule has 0 saturated heterocycles. The van der Waals surface area contributed by atoms with Crippen LogP contribution in [-0.2, 0) is 9.59 Å². The Bertz CT molecular complexity index is 1220. The van der Waals surface area contributed by atoms with Crippen LogP contribution < -0.4 is 15.5 Å². The van der Waals surface area contributed by atoms with Crippen molar-refractivity contribution in [3.05, 3.63) is 87.1 Å². The van der Waals surface area contributed by atoms with E-state index in [1.54, 1.807) is 12.1 Å². The SMILES string of the molecule is CCC(C)(C)NC(=O)[C@H](c1ccc(C)cc1)N(C(=O)CNC(=O)c1cccs1)c1ccc(C)cc1C. The summed E-state index contributed by atoms with van der Waals surface area (Å²) in [7, 11) is 0. The highest BCUT2D eigenvalue weighted by Crippen LogP contribution is 2.32. The van der Waals surface area contributed by atoms with Crippen molar-refractivity contribution in [3.8, 4) is 0 Å². The highest BCUT2D eigenvalue weighted by atomic mass is 32.1. The van der Waals surface area contributed by atoms with Crippen molar-refractivity contribution in [1.29, 1.82) is 0 Å². The molecule has 0 spiro atoms. The van der Waals surface area contributed by atoms with Crippen molar-refractivity contribution in [3.63, 3.8) is 0 Å². The number of carbonyl (C=O) groups is 3. The van der Waals surface area contributed by atoms with Crippen LogP contribution in [0.2, 0.25) is 0 Å². The molecule has 36 heavy (non-hydrogen) atoms. The van der Waals surface area contributed by atoms with Crippen molar-refractivity contribution in [2.75, 3.05) is 11.4 Å². The van der Waals surface area contributed by atoms with Crippen LogP contribution >= 0.6 is 11.3 Å². The first-order chi connectivity index (χ1) is 17.0. The van der Waals surface area contributed by atoms with Crippen LogP contribution in [0.4, 0.5) is 5.69 Å². The molecule has 2 N–H and O–H groups in total. The first-order valence-electron chi connectivity index (χ1n) is 12.1. The quantitative estimate of drug-likeness (QED) is 0.404. The van der Waals surface area contributed by atoms with E-state index >= 15 is 0 Å². The second-order valence-corrected chi connectivity index (χ2v) is 10.7. The summed E-state index contributed by atoms with van der Waals surface area (Å²) in [6.45, 7) is 11.6. The molecular weight excluding hydrogens is 470 g/mol. The first-order valence-corrected chi connectivity index (χ1v) is 13.0. The predicted molar refractivity (Wildman–Crippen MR) is 146 cm³/mol. The van der Waals surface area contributed by atoms with E-state index in [1.165, 1.54) is 16.2 Å². The highest BCUT2D eigenvalue weighted by Gasteiger charge is 2.35. The molecule has 190 valence electrons. The number of hydrogen-bond acceptors (Lipinski definition) is 4.